The molecule has 4 rings (SSSR count). The molecule has 1 N–H and O–H groups in total. The van der Waals surface area contributed by atoms with E-state index in [1.807, 2.05) is 6.92 Å². The van der Waals surface area contributed by atoms with Gasteiger partial charge in [-0.2, -0.15) is 0 Å². The van der Waals surface area contributed by atoms with Crippen LogP contribution in [-0.2, 0) is 17.8 Å². The molecule has 0 bridgehead atoms. The molecular weight excluding hydrogens is 487 g/mol. The molecule has 2 heterocycles. The largest absolute Gasteiger partial charge is 0.359 e. The molecule has 0 saturated heterocycles. The molecule has 33 heavy (non-hydrogen) atoms. The number of aromatic nitrogens is 2. The van der Waals surface area contributed by atoms with Crippen LogP contribution < -0.4 is 10.9 Å². The number of hydrogen-bond donors (Lipinski definition) is 1. The van der Waals surface area contributed by atoms with Gasteiger partial charge in [-0.15, -0.1) is 0 Å². The van der Waals surface area contributed by atoms with Gasteiger partial charge in [0.05, 0.1) is 22.3 Å². The summed E-state index contributed by atoms with van der Waals surface area (Å²) in [6.45, 7) is 2.10. The summed E-state index contributed by atoms with van der Waals surface area (Å²) in [5, 5.41) is 3.51. The number of rotatable bonds is 3. The fourth-order valence-corrected chi connectivity index (χ4v) is 5.44. The van der Waals surface area contributed by atoms with Crippen molar-refractivity contribution in [1.29, 1.82) is 0 Å². The van der Waals surface area contributed by atoms with Gasteiger partial charge in [0, 0.05) is 36.2 Å². The van der Waals surface area contributed by atoms with Crippen molar-refractivity contribution >= 4 is 46.6 Å². The molecule has 1 aliphatic heterocycles. The van der Waals surface area contributed by atoms with Gasteiger partial charge in [0.15, 0.2) is 0 Å². The van der Waals surface area contributed by atoms with E-state index in [4.69, 9.17) is 34.8 Å². The quantitative estimate of drug-likeness (QED) is 0.624. The molecular formula is C23H25Cl3N4O3. The number of carbonyl (C=O) groups excluding carboxylic acids is 2. The lowest BCUT2D eigenvalue weighted by Gasteiger charge is -2.35. The molecule has 0 unspecified atom stereocenters. The van der Waals surface area contributed by atoms with Crippen molar-refractivity contribution in [2.24, 2.45) is 5.92 Å². The second-order valence-electron chi connectivity index (χ2n) is 8.72. The number of nitrogens with zero attached hydrogens (tertiary/aromatic N) is 3. The Hall–Kier alpha value is -2.09. The van der Waals surface area contributed by atoms with Gasteiger partial charge in [-0.25, -0.2) is 4.98 Å². The molecule has 7 nitrogen and oxygen atoms in total. The predicted octanol–water partition coefficient (Wildman–Crippen LogP) is 4.27. The number of halogens is 3. The number of benzene rings is 1. The third-order valence-corrected chi connectivity index (χ3v) is 7.72. The fraction of sp³-hybridized carbons (Fsp3) is 0.478. The first-order valence-corrected chi connectivity index (χ1v) is 12.1. The average molecular weight is 512 g/mol. The van der Waals surface area contributed by atoms with Gasteiger partial charge < -0.3 is 10.2 Å². The molecule has 2 aromatic rings. The highest BCUT2D eigenvalue weighted by molar-refractivity contribution is 6.42. The fourth-order valence-electron chi connectivity index (χ4n) is 4.83. The summed E-state index contributed by atoms with van der Waals surface area (Å²) in [5.41, 5.74) is 1.39. The van der Waals surface area contributed by atoms with Gasteiger partial charge >= 0.3 is 0 Å². The Kier molecular flexibility index (Phi) is 7.03. The SMILES string of the molecule is CNC(=O)C1CCC(n2c(Cl)nc3c(c2=O)C[C@@H](C)N(C(=O)c2ccc(Cl)c(Cl)c2)C3)CC1. The van der Waals surface area contributed by atoms with Gasteiger partial charge in [0.2, 0.25) is 11.2 Å². The topological polar surface area (TPSA) is 84.3 Å². The van der Waals surface area contributed by atoms with Gasteiger partial charge in [0.25, 0.3) is 11.5 Å². The number of carbonyl (C=O) groups is 2. The van der Waals surface area contributed by atoms with Gasteiger partial charge in [-0.1, -0.05) is 23.2 Å². The van der Waals surface area contributed by atoms with Crippen molar-refractivity contribution in [3.63, 3.8) is 0 Å². The Bertz CT molecular complexity index is 1160. The maximum atomic E-state index is 13.4. The molecule has 1 aromatic heterocycles. The summed E-state index contributed by atoms with van der Waals surface area (Å²) >= 11 is 18.5. The molecule has 1 aromatic carbocycles. The first kappa shape index (κ1) is 24.0. The Labute approximate surface area is 207 Å². The van der Waals surface area contributed by atoms with Gasteiger partial charge in [-0.3, -0.25) is 19.0 Å². The van der Waals surface area contributed by atoms with E-state index >= 15 is 0 Å². The summed E-state index contributed by atoms with van der Waals surface area (Å²) in [7, 11) is 1.64. The smallest absolute Gasteiger partial charge is 0.258 e. The summed E-state index contributed by atoms with van der Waals surface area (Å²) in [5.74, 6) is -0.204. The summed E-state index contributed by atoms with van der Waals surface area (Å²) in [6, 6.07) is 4.48. The maximum absolute atomic E-state index is 13.4. The molecule has 1 atom stereocenters. The zero-order valence-corrected chi connectivity index (χ0v) is 20.7. The van der Waals surface area contributed by atoms with Crippen molar-refractivity contribution in [1.82, 2.24) is 19.8 Å². The van der Waals surface area contributed by atoms with E-state index in [0.717, 1.165) is 0 Å². The van der Waals surface area contributed by atoms with Crippen LogP contribution >= 0.6 is 34.8 Å². The van der Waals surface area contributed by atoms with Crippen molar-refractivity contribution < 1.29 is 9.59 Å². The van der Waals surface area contributed by atoms with Crippen molar-refractivity contribution in [2.45, 2.75) is 57.7 Å². The Morgan fingerprint density at radius 2 is 1.79 bits per heavy atom. The van der Waals surface area contributed by atoms with E-state index in [0.29, 0.717) is 59.0 Å². The molecule has 2 aliphatic rings. The van der Waals surface area contributed by atoms with Crippen LogP contribution in [0.2, 0.25) is 15.3 Å². The first-order chi connectivity index (χ1) is 15.7. The van der Waals surface area contributed by atoms with Crippen LogP contribution in [0.15, 0.2) is 23.0 Å². The number of amides is 2. The molecule has 176 valence electrons. The second kappa shape index (κ2) is 9.65. The monoisotopic (exact) mass is 510 g/mol. The van der Waals surface area contributed by atoms with Crippen LogP contribution in [0.4, 0.5) is 0 Å². The number of hydrogen-bond acceptors (Lipinski definition) is 4. The van der Waals surface area contributed by atoms with E-state index in [1.165, 1.54) is 0 Å². The zero-order chi connectivity index (χ0) is 23.9. The zero-order valence-electron chi connectivity index (χ0n) is 18.4. The Morgan fingerprint density at radius 1 is 1.09 bits per heavy atom. The lowest BCUT2D eigenvalue weighted by atomic mass is 9.85. The third-order valence-electron chi connectivity index (χ3n) is 6.71. The van der Waals surface area contributed by atoms with Crippen molar-refractivity contribution in [3.05, 3.63) is 60.7 Å². The molecule has 2 amide bonds. The Balaban J connectivity index is 1.58. The molecule has 1 fully saturated rings. The third kappa shape index (κ3) is 4.63. The van der Waals surface area contributed by atoms with Crippen LogP contribution in [0.5, 0.6) is 0 Å². The lowest BCUT2D eigenvalue weighted by Crippen LogP contribution is -2.46. The minimum Gasteiger partial charge on any atom is -0.359 e. The highest BCUT2D eigenvalue weighted by Gasteiger charge is 2.34. The first-order valence-electron chi connectivity index (χ1n) is 11.0. The lowest BCUT2D eigenvalue weighted by molar-refractivity contribution is -0.125. The summed E-state index contributed by atoms with van der Waals surface area (Å²) < 4.78 is 1.57. The molecule has 1 saturated carbocycles. The normalized spacial score (nSPS) is 22.6. The summed E-state index contributed by atoms with van der Waals surface area (Å²) in [4.78, 5) is 44.7. The Morgan fingerprint density at radius 3 is 2.42 bits per heavy atom. The van der Waals surface area contributed by atoms with E-state index in [1.54, 1.807) is 34.7 Å². The molecule has 0 spiro atoms. The minimum absolute atomic E-state index is 0.0349. The molecule has 10 heteroatoms. The van der Waals surface area contributed by atoms with E-state index in [-0.39, 0.29) is 47.2 Å². The van der Waals surface area contributed by atoms with Gasteiger partial charge in [-0.05, 0) is 68.8 Å². The van der Waals surface area contributed by atoms with Crippen LogP contribution in [0, 0.1) is 5.92 Å². The standard InChI is InChI=1S/C23H25Cl3N4O3/c1-12-9-16-19(11-29(12)21(32)14-5-8-17(24)18(25)10-14)28-23(26)30(22(16)33)15-6-3-13(4-7-15)20(31)27-2/h5,8,10,12-13,15H,3-4,6-7,9,11H2,1-2H3,(H,27,31)/t12-,13?,15?/m1/s1. The molecule has 0 radical (unpaired) electrons. The highest BCUT2D eigenvalue weighted by atomic mass is 35.5. The van der Waals surface area contributed by atoms with Crippen LogP contribution in [0.1, 0.15) is 60.3 Å². The van der Waals surface area contributed by atoms with Crippen molar-refractivity contribution in [3.8, 4) is 0 Å². The molecule has 1 aliphatic carbocycles. The van der Waals surface area contributed by atoms with Crippen LogP contribution in [0.3, 0.4) is 0 Å². The van der Waals surface area contributed by atoms with E-state index < -0.39 is 0 Å². The number of fused-ring (bicyclic) bond motifs is 1. The van der Waals surface area contributed by atoms with Crippen LogP contribution in [0.25, 0.3) is 0 Å². The van der Waals surface area contributed by atoms with Crippen LogP contribution in [-0.4, -0.2) is 39.4 Å². The highest BCUT2D eigenvalue weighted by Crippen LogP contribution is 2.34. The predicted molar refractivity (Wildman–Crippen MR) is 128 cm³/mol. The summed E-state index contributed by atoms with van der Waals surface area (Å²) in [6.07, 6.45) is 3.17. The second-order valence-corrected chi connectivity index (χ2v) is 9.87. The van der Waals surface area contributed by atoms with E-state index in [9.17, 15) is 14.4 Å². The van der Waals surface area contributed by atoms with Crippen molar-refractivity contribution in [2.75, 3.05) is 7.05 Å². The minimum atomic E-state index is -0.207. The maximum Gasteiger partial charge on any atom is 0.258 e. The average Bonchev–Trinajstić information content (AvgIpc) is 2.80. The van der Waals surface area contributed by atoms with Gasteiger partial charge in [0.1, 0.15) is 0 Å². The van der Waals surface area contributed by atoms with E-state index in [2.05, 4.69) is 10.3 Å². The number of nitrogens with one attached hydrogen (secondary N) is 1.